The van der Waals surface area contributed by atoms with Gasteiger partial charge in [0, 0.05) is 31.6 Å². The molecule has 25 heavy (non-hydrogen) atoms. The maximum Gasteiger partial charge on any atom is 0.307 e. The van der Waals surface area contributed by atoms with Crippen LogP contribution in [0, 0.1) is 5.92 Å². The fourth-order valence-corrected chi connectivity index (χ4v) is 3.68. The van der Waals surface area contributed by atoms with E-state index in [1.165, 1.54) is 13.1 Å². The first kappa shape index (κ1) is 15.8. The van der Waals surface area contributed by atoms with Crippen LogP contribution in [-0.2, 0) is 4.79 Å². The quantitative estimate of drug-likeness (QED) is 0.885. The summed E-state index contributed by atoms with van der Waals surface area (Å²) in [4.78, 5) is 30.2. The number of anilines is 1. The van der Waals surface area contributed by atoms with Gasteiger partial charge >= 0.3 is 5.91 Å². The fourth-order valence-electron chi connectivity index (χ4n) is 3.68. The van der Waals surface area contributed by atoms with Crippen molar-refractivity contribution in [2.75, 3.05) is 25.0 Å². The molecule has 1 aromatic carbocycles. The van der Waals surface area contributed by atoms with Crippen LogP contribution in [0.5, 0.6) is 0 Å². The molecule has 0 spiro atoms. The number of hydrogen-bond donors (Lipinski definition) is 2. The number of aromatic nitrogens is 1. The highest BCUT2D eigenvalue weighted by Gasteiger charge is 2.39. The van der Waals surface area contributed by atoms with Crippen LogP contribution in [-0.4, -0.2) is 47.4 Å². The Kier molecular flexibility index (Phi) is 4.01. The summed E-state index contributed by atoms with van der Waals surface area (Å²) in [6, 6.07) is 7.43. The molecular weight excluding hydrogens is 320 g/mol. The molecule has 2 aliphatic heterocycles. The average Bonchev–Trinajstić information content (AvgIpc) is 3.31. The number of fused-ring (bicyclic) bond motifs is 2. The van der Waals surface area contributed by atoms with E-state index in [0.29, 0.717) is 22.9 Å². The van der Waals surface area contributed by atoms with Gasteiger partial charge in [0.2, 0.25) is 5.91 Å². The van der Waals surface area contributed by atoms with E-state index in [-0.39, 0.29) is 23.7 Å². The Morgan fingerprint density at radius 2 is 2.12 bits per heavy atom. The lowest BCUT2D eigenvalue weighted by Crippen LogP contribution is -2.43. The van der Waals surface area contributed by atoms with Crippen molar-refractivity contribution in [1.29, 1.82) is 0 Å². The third-order valence-corrected chi connectivity index (χ3v) is 4.85. The van der Waals surface area contributed by atoms with Crippen molar-refractivity contribution >= 4 is 17.5 Å². The molecule has 1 aromatic heterocycles. The van der Waals surface area contributed by atoms with E-state index in [1.54, 1.807) is 6.07 Å². The molecule has 0 saturated carbocycles. The van der Waals surface area contributed by atoms with E-state index in [2.05, 4.69) is 20.5 Å². The van der Waals surface area contributed by atoms with Gasteiger partial charge < -0.3 is 20.0 Å². The third kappa shape index (κ3) is 3.15. The smallest absolute Gasteiger partial charge is 0.307 e. The Labute approximate surface area is 145 Å². The lowest BCUT2D eigenvalue weighted by molar-refractivity contribution is -0.114. The largest absolute Gasteiger partial charge is 0.432 e. The molecule has 2 saturated heterocycles. The monoisotopic (exact) mass is 340 g/mol. The zero-order chi connectivity index (χ0) is 17.4. The van der Waals surface area contributed by atoms with Gasteiger partial charge in [0.25, 0.3) is 5.89 Å². The number of rotatable bonds is 4. The van der Waals surface area contributed by atoms with E-state index >= 15 is 0 Å². The van der Waals surface area contributed by atoms with Crippen molar-refractivity contribution in [1.82, 2.24) is 15.2 Å². The topological polar surface area (TPSA) is 87.5 Å². The van der Waals surface area contributed by atoms with Crippen LogP contribution in [0.4, 0.5) is 5.69 Å². The summed E-state index contributed by atoms with van der Waals surface area (Å²) in [5.41, 5.74) is 1.31. The van der Waals surface area contributed by atoms with Gasteiger partial charge in [-0.25, -0.2) is 4.98 Å². The Hall–Kier alpha value is -2.67. The fraction of sp³-hybridized carbons (Fsp3) is 0.389. The number of amides is 2. The number of para-hydroxylation sites is 1. The van der Waals surface area contributed by atoms with E-state index in [4.69, 9.17) is 4.42 Å². The molecule has 2 bridgehead atoms. The van der Waals surface area contributed by atoms with Gasteiger partial charge in [-0.3, -0.25) is 9.59 Å². The second-order valence-electron chi connectivity index (χ2n) is 6.64. The minimum Gasteiger partial charge on any atom is -0.432 e. The zero-order valence-electron chi connectivity index (χ0n) is 14.0. The van der Waals surface area contributed by atoms with Crippen LogP contribution in [0.3, 0.4) is 0 Å². The van der Waals surface area contributed by atoms with Gasteiger partial charge in [-0.15, -0.1) is 0 Å². The molecule has 2 aromatic rings. The second kappa shape index (κ2) is 6.33. The van der Waals surface area contributed by atoms with E-state index in [9.17, 15) is 9.59 Å². The van der Waals surface area contributed by atoms with Crippen molar-refractivity contribution in [3.8, 4) is 11.3 Å². The molecule has 0 aliphatic carbocycles. The SMILES string of the molecule is CC(=O)Nc1ccccc1-c1cnc(C(=O)NC2CN3CC[C@H]2C3)o1. The van der Waals surface area contributed by atoms with Crippen LogP contribution in [0.25, 0.3) is 11.3 Å². The van der Waals surface area contributed by atoms with E-state index < -0.39 is 0 Å². The maximum absolute atomic E-state index is 12.4. The number of nitrogens with zero attached hydrogens (tertiary/aromatic N) is 2. The van der Waals surface area contributed by atoms with Crippen LogP contribution in [0.1, 0.15) is 24.0 Å². The van der Waals surface area contributed by atoms with Crippen LogP contribution < -0.4 is 10.6 Å². The van der Waals surface area contributed by atoms with Crippen LogP contribution in [0.2, 0.25) is 0 Å². The molecule has 130 valence electrons. The highest BCUT2D eigenvalue weighted by Crippen LogP contribution is 2.30. The molecule has 4 rings (SSSR count). The number of carbonyl (C=O) groups is 2. The van der Waals surface area contributed by atoms with Crippen molar-refractivity contribution in [2.45, 2.75) is 19.4 Å². The van der Waals surface area contributed by atoms with Gasteiger partial charge in [-0.05, 0) is 31.0 Å². The lowest BCUT2D eigenvalue weighted by atomic mass is 10.0. The van der Waals surface area contributed by atoms with Crippen LogP contribution >= 0.6 is 0 Å². The number of carbonyl (C=O) groups excluding carboxylic acids is 2. The Morgan fingerprint density at radius 3 is 2.84 bits per heavy atom. The molecule has 2 unspecified atom stereocenters. The maximum atomic E-state index is 12.4. The Balaban J connectivity index is 1.50. The third-order valence-electron chi connectivity index (χ3n) is 4.85. The van der Waals surface area contributed by atoms with Crippen molar-refractivity contribution in [3.05, 3.63) is 36.4 Å². The second-order valence-corrected chi connectivity index (χ2v) is 6.64. The molecule has 2 amide bonds. The number of oxazole rings is 1. The first-order chi connectivity index (χ1) is 12.1. The molecule has 0 radical (unpaired) electrons. The Bertz CT molecular complexity index is 816. The molecule has 2 aliphatic rings. The highest BCUT2D eigenvalue weighted by molar-refractivity contribution is 5.94. The first-order valence-electron chi connectivity index (χ1n) is 8.46. The zero-order valence-corrected chi connectivity index (χ0v) is 14.0. The molecule has 2 N–H and O–H groups in total. The van der Waals surface area contributed by atoms with Gasteiger partial charge in [0.1, 0.15) is 0 Å². The summed E-state index contributed by atoms with van der Waals surface area (Å²) in [5.74, 6) is 0.564. The standard InChI is InChI=1S/C18H20N4O3/c1-11(23)20-14-5-3-2-4-13(14)16-8-19-18(25-16)17(24)21-15-10-22-7-6-12(15)9-22/h2-5,8,12,15H,6-7,9-10H2,1H3,(H,20,23)(H,21,24)/t12-,15?/m0/s1. The number of hydrogen-bond acceptors (Lipinski definition) is 5. The molecule has 3 heterocycles. The Morgan fingerprint density at radius 1 is 1.28 bits per heavy atom. The van der Waals surface area contributed by atoms with Crippen molar-refractivity contribution in [3.63, 3.8) is 0 Å². The van der Waals surface area contributed by atoms with E-state index in [0.717, 1.165) is 26.1 Å². The van der Waals surface area contributed by atoms with Crippen LogP contribution in [0.15, 0.2) is 34.9 Å². The van der Waals surface area contributed by atoms with Gasteiger partial charge in [-0.1, -0.05) is 12.1 Å². The lowest BCUT2D eigenvalue weighted by Gasteiger charge is -2.22. The van der Waals surface area contributed by atoms with Gasteiger partial charge in [0.05, 0.1) is 11.9 Å². The molecule has 3 atom stereocenters. The minimum absolute atomic E-state index is 0.0467. The minimum atomic E-state index is -0.290. The summed E-state index contributed by atoms with van der Waals surface area (Å²) in [6.45, 7) is 4.53. The average molecular weight is 340 g/mol. The normalized spacial score (nSPS) is 24.3. The molecule has 7 heteroatoms. The predicted molar refractivity (Wildman–Crippen MR) is 92.0 cm³/mol. The van der Waals surface area contributed by atoms with Gasteiger partial charge in [0.15, 0.2) is 5.76 Å². The van der Waals surface area contributed by atoms with Gasteiger partial charge in [-0.2, -0.15) is 0 Å². The van der Waals surface area contributed by atoms with Crippen molar-refractivity contribution < 1.29 is 14.0 Å². The summed E-state index contributed by atoms with van der Waals surface area (Å²) < 4.78 is 5.66. The van der Waals surface area contributed by atoms with E-state index in [1.807, 2.05) is 18.2 Å². The summed E-state index contributed by atoms with van der Waals surface area (Å²) >= 11 is 0. The molecule has 7 nitrogen and oxygen atoms in total. The van der Waals surface area contributed by atoms with Crippen molar-refractivity contribution in [2.24, 2.45) is 5.92 Å². The molecular formula is C18H20N4O3. The first-order valence-corrected chi connectivity index (χ1v) is 8.46. The number of piperidine rings is 1. The highest BCUT2D eigenvalue weighted by atomic mass is 16.4. The predicted octanol–water partition coefficient (Wildman–Crippen LogP) is 1.73. The molecule has 2 fully saturated rings. The summed E-state index contributed by atoms with van der Waals surface area (Å²) in [5, 5.41) is 5.79. The summed E-state index contributed by atoms with van der Waals surface area (Å²) in [6.07, 6.45) is 2.64. The number of nitrogens with one attached hydrogen (secondary N) is 2. The number of benzene rings is 1. The summed E-state index contributed by atoms with van der Waals surface area (Å²) in [7, 11) is 0.